The second-order valence-electron chi connectivity index (χ2n) is 4.24. The number of rotatable bonds is 4. The van der Waals surface area contributed by atoms with Gasteiger partial charge in [-0.25, -0.2) is 4.98 Å². The minimum absolute atomic E-state index is 0.00963. The van der Waals surface area contributed by atoms with E-state index in [2.05, 4.69) is 9.71 Å². The van der Waals surface area contributed by atoms with E-state index < -0.39 is 10.0 Å². The van der Waals surface area contributed by atoms with Gasteiger partial charge in [0.15, 0.2) is 5.03 Å². The molecule has 0 aliphatic heterocycles. The summed E-state index contributed by atoms with van der Waals surface area (Å²) in [6.07, 6.45) is 1.48. The fourth-order valence-corrected chi connectivity index (χ4v) is 2.67. The van der Waals surface area contributed by atoms with Crippen molar-refractivity contribution in [3.63, 3.8) is 0 Å². The summed E-state index contributed by atoms with van der Waals surface area (Å²) in [5.74, 6) is 0.638. The molecule has 0 spiro atoms. The number of imidazole rings is 1. The summed E-state index contributed by atoms with van der Waals surface area (Å²) in [5, 5.41) is 0.00963. The van der Waals surface area contributed by atoms with Crippen LogP contribution in [-0.4, -0.2) is 18.0 Å². The first-order chi connectivity index (χ1) is 8.92. The lowest BCUT2D eigenvalue weighted by Crippen LogP contribution is -2.13. The Morgan fingerprint density at radius 2 is 1.95 bits per heavy atom. The Morgan fingerprint density at radius 3 is 2.42 bits per heavy atom. The fraction of sp³-hybridized carbons (Fsp3) is 0.250. The zero-order valence-corrected chi connectivity index (χ0v) is 11.6. The van der Waals surface area contributed by atoms with Crippen LogP contribution < -0.4 is 10.5 Å². The minimum Gasteiger partial charge on any atom is -0.337 e. The van der Waals surface area contributed by atoms with Gasteiger partial charge in [0, 0.05) is 25.5 Å². The maximum absolute atomic E-state index is 12.1. The van der Waals surface area contributed by atoms with E-state index in [-0.39, 0.29) is 5.03 Å². The van der Waals surface area contributed by atoms with Gasteiger partial charge < -0.3 is 10.3 Å². The molecule has 2 rings (SSSR count). The van der Waals surface area contributed by atoms with Crippen LogP contribution in [0.5, 0.6) is 0 Å². The molecule has 0 fully saturated rings. The van der Waals surface area contributed by atoms with Crippen molar-refractivity contribution in [1.29, 1.82) is 0 Å². The van der Waals surface area contributed by atoms with Crippen molar-refractivity contribution in [2.75, 3.05) is 4.72 Å². The van der Waals surface area contributed by atoms with Gasteiger partial charge in [-0.05, 0) is 24.6 Å². The first-order valence-corrected chi connectivity index (χ1v) is 7.22. The number of nitrogens with two attached hydrogens (primary N) is 1. The van der Waals surface area contributed by atoms with Crippen molar-refractivity contribution in [2.45, 2.75) is 18.5 Å². The summed E-state index contributed by atoms with van der Waals surface area (Å²) in [4.78, 5) is 4.00. The number of hydrogen-bond donors (Lipinski definition) is 2. The number of nitrogens with one attached hydrogen (secondary N) is 1. The summed E-state index contributed by atoms with van der Waals surface area (Å²) >= 11 is 0. The average Bonchev–Trinajstić information content (AvgIpc) is 2.71. The third-order valence-electron chi connectivity index (χ3n) is 2.80. The van der Waals surface area contributed by atoms with Gasteiger partial charge >= 0.3 is 0 Å². The minimum atomic E-state index is -3.65. The molecule has 6 nitrogen and oxygen atoms in total. The molecule has 0 amide bonds. The number of anilines is 1. The molecule has 0 saturated carbocycles. The molecule has 3 N–H and O–H groups in total. The van der Waals surface area contributed by atoms with Gasteiger partial charge in [-0.1, -0.05) is 12.1 Å². The molecule has 0 bridgehead atoms. The van der Waals surface area contributed by atoms with E-state index >= 15 is 0 Å². The lowest BCUT2D eigenvalue weighted by Gasteiger charge is -2.06. The second kappa shape index (κ2) is 5.02. The third kappa shape index (κ3) is 2.94. The van der Waals surface area contributed by atoms with Gasteiger partial charge in [0.05, 0.1) is 0 Å². The molecule has 1 aromatic carbocycles. The summed E-state index contributed by atoms with van der Waals surface area (Å²) in [7, 11) is -1.90. The molecular formula is C12H16N4O2S. The molecule has 0 atom stereocenters. The van der Waals surface area contributed by atoms with E-state index in [1.54, 1.807) is 42.8 Å². The van der Waals surface area contributed by atoms with Crippen LogP contribution in [-0.2, 0) is 23.6 Å². The van der Waals surface area contributed by atoms with Crippen molar-refractivity contribution in [3.05, 3.63) is 41.9 Å². The van der Waals surface area contributed by atoms with Gasteiger partial charge in [-0.15, -0.1) is 0 Å². The largest absolute Gasteiger partial charge is 0.337 e. The highest BCUT2D eigenvalue weighted by molar-refractivity contribution is 7.92. The topological polar surface area (TPSA) is 90.0 Å². The molecule has 102 valence electrons. The molecule has 7 heteroatoms. The number of hydrogen-bond acceptors (Lipinski definition) is 4. The third-order valence-corrected chi connectivity index (χ3v) is 4.06. The van der Waals surface area contributed by atoms with Crippen molar-refractivity contribution in [1.82, 2.24) is 9.55 Å². The van der Waals surface area contributed by atoms with Gasteiger partial charge in [0.25, 0.3) is 10.0 Å². The normalized spacial score (nSPS) is 11.5. The fourth-order valence-electron chi connectivity index (χ4n) is 1.57. The number of aromatic nitrogens is 2. The quantitative estimate of drug-likeness (QED) is 0.873. The Labute approximate surface area is 112 Å². The van der Waals surface area contributed by atoms with Crippen LogP contribution in [0.25, 0.3) is 0 Å². The first kappa shape index (κ1) is 13.6. The summed E-state index contributed by atoms with van der Waals surface area (Å²) in [6, 6.07) is 6.91. The zero-order chi connectivity index (χ0) is 14.0. The van der Waals surface area contributed by atoms with Gasteiger partial charge in [-0.3, -0.25) is 4.72 Å². The Bertz CT molecular complexity index is 655. The number of aryl methyl sites for hydroxylation is 2. The highest BCUT2D eigenvalue weighted by Gasteiger charge is 2.18. The van der Waals surface area contributed by atoms with E-state index in [1.165, 1.54) is 6.20 Å². The predicted octanol–water partition coefficient (Wildman–Crippen LogP) is 0.988. The monoisotopic (exact) mass is 280 g/mol. The molecule has 1 heterocycles. The summed E-state index contributed by atoms with van der Waals surface area (Å²) in [6.45, 7) is 2.17. The Kier molecular flexibility index (Phi) is 3.59. The molecule has 0 aliphatic rings. The van der Waals surface area contributed by atoms with Crippen LogP contribution in [0.1, 0.15) is 11.4 Å². The van der Waals surface area contributed by atoms with E-state index in [0.717, 1.165) is 5.56 Å². The van der Waals surface area contributed by atoms with Crippen LogP contribution in [0.3, 0.4) is 0 Å². The zero-order valence-electron chi connectivity index (χ0n) is 10.8. The molecule has 0 saturated heterocycles. The second-order valence-corrected chi connectivity index (χ2v) is 5.87. The predicted molar refractivity (Wildman–Crippen MR) is 73.1 cm³/mol. The van der Waals surface area contributed by atoms with Crippen LogP contribution in [0.4, 0.5) is 5.69 Å². The standard InChI is InChI=1S/C12H16N4O2S/c1-9-14-12(8-16(9)2)19(17,18)15-11-5-3-10(7-13)4-6-11/h3-6,8,15H,7,13H2,1-2H3. The van der Waals surface area contributed by atoms with Crippen LogP contribution in [0, 0.1) is 6.92 Å². The maximum Gasteiger partial charge on any atom is 0.280 e. The maximum atomic E-state index is 12.1. The molecule has 1 aromatic heterocycles. The van der Waals surface area contributed by atoms with Gasteiger partial charge in [-0.2, -0.15) is 8.42 Å². The Balaban J connectivity index is 2.25. The number of sulfonamides is 1. The lowest BCUT2D eigenvalue weighted by molar-refractivity contribution is 0.598. The van der Waals surface area contributed by atoms with E-state index in [0.29, 0.717) is 18.1 Å². The van der Waals surface area contributed by atoms with E-state index in [9.17, 15) is 8.42 Å². The highest BCUT2D eigenvalue weighted by Crippen LogP contribution is 2.15. The molecule has 0 unspecified atom stereocenters. The Hall–Kier alpha value is -1.86. The van der Waals surface area contributed by atoms with Crippen LogP contribution in [0.15, 0.2) is 35.5 Å². The summed E-state index contributed by atoms with van der Waals surface area (Å²) < 4.78 is 28.4. The number of nitrogens with zero attached hydrogens (tertiary/aromatic N) is 2. The smallest absolute Gasteiger partial charge is 0.280 e. The molecule has 19 heavy (non-hydrogen) atoms. The highest BCUT2D eigenvalue weighted by atomic mass is 32.2. The molecular weight excluding hydrogens is 264 g/mol. The van der Waals surface area contributed by atoms with Crippen molar-refractivity contribution in [2.24, 2.45) is 12.8 Å². The Morgan fingerprint density at radius 1 is 1.32 bits per heavy atom. The molecule has 0 radical (unpaired) electrons. The SMILES string of the molecule is Cc1nc(S(=O)(=O)Nc2ccc(CN)cc2)cn1C. The van der Waals surface area contributed by atoms with Gasteiger partial charge in [0.1, 0.15) is 5.82 Å². The van der Waals surface area contributed by atoms with Gasteiger partial charge in [0.2, 0.25) is 0 Å². The van der Waals surface area contributed by atoms with Crippen LogP contribution in [0.2, 0.25) is 0 Å². The van der Waals surface area contributed by atoms with E-state index in [4.69, 9.17) is 5.73 Å². The first-order valence-electron chi connectivity index (χ1n) is 5.74. The number of benzene rings is 1. The molecule has 0 aliphatic carbocycles. The van der Waals surface area contributed by atoms with Crippen LogP contribution >= 0.6 is 0 Å². The average molecular weight is 280 g/mol. The van der Waals surface area contributed by atoms with Crippen molar-refractivity contribution < 1.29 is 8.42 Å². The van der Waals surface area contributed by atoms with Crippen molar-refractivity contribution in [3.8, 4) is 0 Å². The van der Waals surface area contributed by atoms with Crippen molar-refractivity contribution >= 4 is 15.7 Å². The molecule has 2 aromatic rings. The van der Waals surface area contributed by atoms with E-state index in [1.807, 2.05) is 0 Å². The summed E-state index contributed by atoms with van der Waals surface area (Å²) in [5.41, 5.74) is 6.91. The lowest BCUT2D eigenvalue weighted by atomic mass is 10.2.